The number of aryl methyl sites for hydroxylation is 1. The number of allylic oxidation sites excluding steroid dienone is 1. The summed E-state index contributed by atoms with van der Waals surface area (Å²) in [4.78, 5) is 3.99. The van der Waals surface area contributed by atoms with Crippen molar-refractivity contribution in [3.8, 4) is 0 Å². The topological polar surface area (TPSA) is 30.7 Å². The number of aromatic nitrogens is 3. The first-order valence-electron chi connectivity index (χ1n) is 3.24. The van der Waals surface area contributed by atoms with Crippen LogP contribution < -0.4 is 0 Å². The van der Waals surface area contributed by atoms with Gasteiger partial charge in [0.25, 0.3) is 0 Å². The third kappa shape index (κ3) is 1.07. The lowest BCUT2D eigenvalue weighted by Crippen LogP contribution is -2.05. The van der Waals surface area contributed by atoms with Gasteiger partial charge in [-0.05, 0) is 13.8 Å². The first kappa shape index (κ1) is 6.99. The van der Waals surface area contributed by atoms with Gasteiger partial charge in [-0.1, -0.05) is 6.08 Å². The van der Waals surface area contributed by atoms with E-state index in [4.69, 9.17) is 0 Å². The highest BCUT2D eigenvalue weighted by Crippen LogP contribution is 2.05. The average molecular weight is 137 g/mol. The lowest BCUT2D eigenvalue weighted by molar-refractivity contribution is 0.563. The highest BCUT2D eigenvalue weighted by Gasteiger charge is 2.02. The Morgan fingerprint density at radius 2 is 2.50 bits per heavy atom. The average Bonchev–Trinajstić information content (AvgIpc) is 2.34. The van der Waals surface area contributed by atoms with Crippen molar-refractivity contribution >= 4 is 0 Å². The van der Waals surface area contributed by atoms with Crippen molar-refractivity contribution in [3.63, 3.8) is 0 Å². The summed E-state index contributed by atoms with van der Waals surface area (Å²) < 4.78 is 1.83. The van der Waals surface area contributed by atoms with Crippen molar-refractivity contribution in [1.82, 2.24) is 14.8 Å². The Hall–Kier alpha value is -1.12. The number of hydrogen-bond donors (Lipinski definition) is 0. The van der Waals surface area contributed by atoms with E-state index in [0.717, 1.165) is 5.82 Å². The molecule has 0 saturated carbocycles. The molecule has 1 atom stereocenters. The minimum Gasteiger partial charge on any atom is -0.244 e. The van der Waals surface area contributed by atoms with E-state index in [0.29, 0.717) is 0 Å². The first-order chi connectivity index (χ1) is 4.75. The molecule has 3 nitrogen and oxygen atoms in total. The van der Waals surface area contributed by atoms with Crippen molar-refractivity contribution in [1.29, 1.82) is 0 Å². The van der Waals surface area contributed by atoms with Crippen LogP contribution in [0.5, 0.6) is 0 Å². The molecule has 1 aromatic rings. The van der Waals surface area contributed by atoms with Crippen molar-refractivity contribution in [2.75, 3.05) is 0 Å². The molecule has 1 unspecified atom stereocenters. The fourth-order valence-corrected chi connectivity index (χ4v) is 0.807. The first-order valence-corrected chi connectivity index (χ1v) is 3.24. The Balaban J connectivity index is 2.92. The summed E-state index contributed by atoms with van der Waals surface area (Å²) in [7, 11) is 0. The van der Waals surface area contributed by atoms with Gasteiger partial charge >= 0.3 is 0 Å². The minimum absolute atomic E-state index is 0.238. The molecule has 0 N–H and O–H groups in total. The van der Waals surface area contributed by atoms with Gasteiger partial charge in [-0.2, -0.15) is 5.10 Å². The predicted molar refractivity (Wildman–Crippen MR) is 39.7 cm³/mol. The van der Waals surface area contributed by atoms with Crippen LogP contribution in [0.1, 0.15) is 18.8 Å². The summed E-state index contributed by atoms with van der Waals surface area (Å²) in [6, 6.07) is 0.238. The van der Waals surface area contributed by atoms with Gasteiger partial charge in [-0.3, -0.25) is 0 Å². The van der Waals surface area contributed by atoms with Crippen LogP contribution in [-0.4, -0.2) is 14.8 Å². The summed E-state index contributed by atoms with van der Waals surface area (Å²) in [6.07, 6.45) is 3.39. The van der Waals surface area contributed by atoms with Gasteiger partial charge in [0.2, 0.25) is 0 Å². The largest absolute Gasteiger partial charge is 0.244 e. The smallest absolute Gasteiger partial charge is 0.138 e. The molecule has 0 aromatic carbocycles. The Morgan fingerprint density at radius 1 is 1.80 bits per heavy atom. The molecule has 3 heteroatoms. The van der Waals surface area contributed by atoms with Crippen LogP contribution in [0.4, 0.5) is 0 Å². The summed E-state index contributed by atoms with van der Waals surface area (Å²) in [5.74, 6) is 0.924. The molecule has 0 fully saturated rings. The third-order valence-electron chi connectivity index (χ3n) is 1.48. The van der Waals surface area contributed by atoms with Crippen LogP contribution in [0, 0.1) is 6.92 Å². The zero-order valence-electron chi connectivity index (χ0n) is 6.28. The van der Waals surface area contributed by atoms with E-state index in [1.165, 1.54) is 0 Å². The summed E-state index contributed by atoms with van der Waals surface area (Å²) >= 11 is 0. The highest BCUT2D eigenvalue weighted by molar-refractivity contribution is 4.88. The summed E-state index contributed by atoms with van der Waals surface area (Å²) in [5.41, 5.74) is 0. The maximum atomic E-state index is 4.02. The molecule has 0 radical (unpaired) electrons. The van der Waals surface area contributed by atoms with E-state index in [9.17, 15) is 0 Å². The molecule has 0 aliphatic rings. The number of rotatable bonds is 2. The van der Waals surface area contributed by atoms with Crippen LogP contribution in [0.2, 0.25) is 0 Å². The van der Waals surface area contributed by atoms with Gasteiger partial charge in [0.1, 0.15) is 12.2 Å². The van der Waals surface area contributed by atoms with Gasteiger partial charge in [0, 0.05) is 0 Å². The second kappa shape index (κ2) is 2.64. The Labute approximate surface area is 60.4 Å². The Bertz CT molecular complexity index is 227. The van der Waals surface area contributed by atoms with Gasteiger partial charge in [0.05, 0.1) is 6.04 Å². The van der Waals surface area contributed by atoms with Crippen LogP contribution in [0.25, 0.3) is 0 Å². The summed E-state index contributed by atoms with van der Waals surface area (Å²) in [5, 5.41) is 4.02. The standard InChI is InChI=1S/C7H11N3/c1-4-6(2)10-7(3)8-5-9-10/h4-6H,1H2,2-3H3. The fourth-order valence-electron chi connectivity index (χ4n) is 0.807. The molecule has 0 spiro atoms. The van der Waals surface area contributed by atoms with E-state index < -0.39 is 0 Å². The Kier molecular flexibility index (Phi) is 1.85. The molecule has 0 bridgehead atoms. The van der Waals surface area contributed by atoms with Gasteiger partial charge in [0.15, 0.2) is 0 Å². The molecule has 54 valence electrons. The second-order valence-electron chi connectivity index (χ2n) is 2.23. The number of hydrogen-bond acceptors (Lipinski definition) is 2. The Morgan fingerprint density at radius 3 is 2.90 bits per heavy atom. The highest BCUT2D eigenvalue weighted by atomic mass is 15.3. The van der Waals surface area contributed by atoms with E-state index in [2.05, 4.69) is 16.7 Å². The zero-order chi connectivity index (χ0) is 7.56. The van der Waals surface area contributed by atoms with Crippen molar-refractivity contribution < 1.29 is 0 Å². The van der Waals surface area contributed by atoms with Crippen LogP contribution in [-0.2, 0) is 0 Å². The molecule has 0 aliphatic carbocycles. The summed E-state index contributed by atoms with van der Waals surface area (Å²) in [6.45, 7) is 7.62. The van der Waals surface area contributed by atoms with Gasteiger partial charge in [-0.25, -0.2) is 9.67 Å². The monoisotopic (exact) mass is 137 g/mol. The number of nitrogens with zero attached hydrogens (tertiary/aromatic N) is 3. The molecule has 0 aliphatic heterocycles. The quantitative estimate of drug-likeness (QED) is 0.576. The predicted octanol–water partition coefficient (Wildman–Crippen LogP) is 1.33. The second-order valence-corrected chi connectivity index (χ2v) is 2.23. The van der Waals surface area contributed by atoms with Gasteiger partial charge < -0.3 is 0 Å². The van der Waals surface area contributed by atoms with E-state index in [1.807, 2.05) is 24.6 Å². The fraction of sp³-hybridized carbons (Fsp3) is 0.429. The van der Waals surface area contributed by atoms with E-state index in [-0.39, 0.29) is 6.04 Å². The van der Waals surface area contributed by atoms with Crippen LogP contribution >= 0.6 is 0 Å². The molecule has 0 amide bonds. The van der Waals surface area contributed by atoms with E-state index >= 15 is 0 Å². The molecule has 1 aromatic heterocycles. The lowest BCUT2D eigenvalue weighted by Gasteiger charge is -2.06. The molecular formula is C7H11N3. The third-order valence-corrected chi connectivity index (χ3v) is 1.48. The van der Waals surface area contributed by atoms with Crippen molar-refractivity contribution in [2.45, 2.75) is 19.9 Å². The normalized spacial score (nSPS) is 13.0. The van der Waals surface area contributed by atoms with Crippen molar-refractivity contribution in [3.05, 3.63) is 24.8 Å². The molecular weight excluding hydrogens is 126 g/mol. The van der Waals surface area contributed by atoms with E-state index in [1.54, 1.807) is 6.33 Å². The molecule has 10 heavy (non-hydrogen) atoms. The minimum atomic E-state index is 0.238. The SMILES string of the molecule is C=CC(C)n1ncnc1C. The molecule has 1 heterocycles. The van der Waals surface area contributed by atoms with Crippen LogP contribution in [0.3, 0.4) is 0 Å². The molecule has 0 saturated heterocycles. The maximum Gasteiger partial charge on any atom is 0.138 e. The van der Waals surface area contributed by atoms with Crippen molar-refractivity contribution in [2.24, 2.45) is 0 Å². The maximum absolute atomic E-state index is 4.02. The zero-order valence-corrected chi connectivity index (χ0v) is 6.28. The van der Waals surface area contributed by atoms with Gasteiger partial charge in [-0.15, -0.1) is 6.58 Å². The molecule has 1 rings (SSSR count). The lowest BCUT2D eigenvalue weighted by atomic mass is 10.3. The van der Waals surface area contributed by atoms with Crippen LogP contribution in [0.15, 0.2) is 19.0 Å².